The molecule has 9 nitrogen and oxygen atoms in total. The van der Waals surface area contributed by atoms with Gasteiger partial charge in [-0.05, 0) is 0 Å². The molecule has 1 saturated heterocycles. The molecule has 0 aromatic carbocycles. The monoisotopic (exact) mass is 349 g/mol. The maximum atomic E-state index is 12.0. The Morgan fingerprint density at radius 2 is 1.85 bits per heavy atom. The number of aliphatic carboxylic acids is 1. The molecule has 1 fully saturated rings. The van der Waals surface area contributed by atoms with Crippen molar-refractivity contribution >= 4 is 35.7 Å². The Kier molecular flexibility index (Phi) is 4.83. The van der Waals surface area contributed by atoms with Gasteiger partial charge in [0.2, 0.25) is 10.0 Å². The van der Waals surface area contributed by atoms with Crippen LogP contribution in [-0.4, -0.2) is 76.1 Å². The molecule has 0 aliphatic carbocycles. The van der Waals surface area contributed by atoms with E-state index in [2.05, 4.69) is 0 Å². The molecule has 0 aromatic heterocycles. The molecule has 118 valence electrons. The van der Waals surface area contributed by atoms with Gasteiger partial charge in [0.1, 0.15) is 0 Å². The van der Waals surface area contributed by atoms with Crippen molar-refractivity contribution < 1.29 is 35.2 Å². The Hall–Kier alpha value is -0.720. The fraction of sp³-hybridized carbons (Fsp3) is 0.875. The molecule has 0 aromatic rings. The van der Waals surface area contributed by atoms with Crippen LogP contribution in [0.4, 0.5) is 0 Å². The van der Waals surface area contributed by atoms with Crippen molar-refractivity contribution in [2.45, 2.75) is 12.5 Å². The summed E-state index contributed by atoms with van der Waals surface area (Å²) < 4.78 is 69.7. The van der Waals surface area contributed by atoms with Gasteiger partial charge in [0.25, 0.3) is 0 Å². The van der Waals surface area contributed by atoms with Gasteiger partial charge in [-0.1, -0.05) is 0 Å². The molecular formula is C8H15NO8S3. The molecule has 1 atom stereocenters. The number of carboxylic acid groups (broad SMARTS) is 1. The van der Waals surface area contributed by atoms with Gasteiger partial charge in [-0.15, -0.1) is 0 Å². The number of carbonyl (C=O) groups is 1. The topological polar surface area (TPSA) is 143 Å². The minimum absolute atomic E-state index is 0.432. The predicted octanol–water partition coefficient (Wildman–Crippen LogP) is -2.11. The molecule has 0 radical (unpaired) electrons. The van der Waals surface area contributed by atoms with Crippen LogP contribution in [0, 0.1) is 0 Å². The average Bonchev–Trinajstić information content (AvgIpc) is 2.09. The third-order valence-electron chi connectivity index (χ3n) is 2.61. The first-order chi connectivity index (χ1) is 8.82. The van der Waals surface area contributed by atoms with E-state index in [1.807, 2.05) is 0 Å². The fourth-order valence-corrected chi connectivity index (χ4v) is 7.35. The van der Waals surface area contributed by atoms with E-state index >= 15 is 0 Å². The van der Waals surface area contributed by atoms with E-state index in [0.29, 0.717) is 4.31 Å². The van der Waals surface area contributed by atoms with Gasteiger partial charge in [0, 0.05) is 18.8 Å². The van der Waals surface area contributed by atoms with Crippen LogP contribution in [0.5, 0.6) is 0 Å². The van der Waals surface area contributed by atoms with Crippen LogP contribution >= 0.6 is 0 Å². The van der Waals surface area contributed by atoms with Crippen LogP contribution in [0.15, 0.2) is 0 Å². The maximum absolute atomic E-state index is 12.0. The summed E-state index contributed by atoms with van der Waals surface area (Å²) >= 11 is 0. The minimum Gasteiger partial charge on any atom is -0.481 e. The van der Waals surface area contributed by atoms with Crippen molar-refractivity contribution in [3.63, 3.8) is 0 Å². The molecule has 1 aliphatic heterocycles. The van der Waals surface area contributed by atoms with Crippen LogP contribution in [0.3, 0.4) is 0 Å². The molecule has 0 saturated carbocycles. The summed E-state index contributed by atoms with van der Waals surface area (Å²) in [6.45, 7) is -0.432. The van der Waals surface area contributed by atoms with E-state index < -0.39 is 71.3 Å². The minimum atomic E-state index is -4.27. The van der Waals surface area contributed by atoms with Gasteiger partial charge in [0.05, 0.1) is 17.9 Å². The highest BCUT2D eigenvalue weighted by Gasteiger charge is 2.40. The zero-order valence-electron chi connectivity index (χ0n) is 10.6. The number of carboxylic acids is 1. The highest BCUT2D eigenvalue weighted by atomic mass is 32.3. The van der Waals surface area contributed by atoms with Gasteiger partial charge in [0.15, 0.2) is 24.8 Å². The van der Waals surface area contributed by atoms with E-state index in [1.54, 1.807) is 0 Å². The van der Waals surface area contributed by atoms with Gasteiger partial charge >= 0.3 is 5.97 Å². The summed E-state index contributed by atoms with van der Waals surface area (Å²) in [5.41, 5.74) is 0. The Balaban J connectivity index is 3.10. The Labute approximate surface area is 117 Å². The summed E-state index contributed by atoms with van der Waals surface area (Å²) in [4.78, 5) is 10.7. The van der Waals surface area contributed by atoms with Crippen molar-refractivity contribution in [3.05, 3.63) is 0 Å². The molecule has 20 heavy (non-hydrogen) atoms. The van der Waals surface area contributed by atoms with Gasteiger partial charge in [-0.25, -0.2) is 25.3 Å². The summed E-state index contributed by atoms with van der Waals surface area (Å²) in [7, 11) is -11.6. The highest BCUT2D eigenvalue weighted by molar-refractivity contribution is 8.06. The number of sulfonamides is 1. The maximum Gasteiger partial charge on any atom is 0.305 e. The van der Waals surface area contributed by atoms with E-state index in [1.165, 1.54) is 0 Å². The number of hydrogen-bond donors (Lipinski definition) is 1. The van der Waals surface area contributed by atoms with E-state index in [-0.39, 0.29) is 0 Å². The molecule has 1 rings (SSSR count). The highest BCUT2D eigenvalue weighted by Crippen LogP contribution is 2.20. The van der Waals surface area contributed by atoms with Crippen LogP contribution < -0.4 is 0 Å². The lowest BCUT2D eigenvalue weighted by atomic mass is 10.2. The van der Waals surface area contributed by atoms with Crippen LogP contribution in [0.2, 0.25) is 0 Å². The second-order valence-electron chi connectivity index (χ2n) is 4.63. The summed E-state index contributed by atoms with van der Waals surface area (Å²) in [6, 6.07) is -1.28. The largest absolute Gasteiger partial charge is 0.481 e. The zero-order chi connectivity index (χ0) is 15.8. The average molecular weight is 349 g/mol. The van der Waals surface area contributed by atoms with Crippen LogP contribution in [0.1, 0.15) is 6.42 Å². The normalized spacial score (nSPS) is 24.4. The lowest BCUT2D eigenvalue weighted by Gasteiger charge is -2.33. The molecule has 1 unspecified atom stereocenters. The molecule has 0 bridgehead atoms. The van der Waals surface area contributed by atoms with Crippen molar-refractivity contribution in [1.29, 1.82) is 0 Å². The SMILES string of the molecule is CS(=O)(=O)CS(=O)(=O)N1CCS(=O)(=O)CC1CC(=O)O. The first-order valence-electron chi connectivity index (χ1n) is 5.42. The first-order valence-corrected chi connectivity index (χ1v) is 10.9. The third kappa shape index (κ3) is 5.00. The van der Waals surface area contributed by atoms with Crippen LogP contribution in [-0.2, 0) is 34.5 Å². The molecule has 1 N–H and O–H groups in total. The third-order valence-corrected chi connectivity index (χ3v) is 8.40. The Bertz CT molecular complexity index is 690. The van der Waals surface area contributed by atoms with Crippen molar-refractivity contribution in [2.24, 2.45) is 0 Å². The van der Waals surface area contributed by atoms with Crippen molar-refractivity contribution in [1.82, 2.24) is 4.31 Å². The number of sulfone groups is 2. The predicted molar refractivity (Wildman–Crippen MR) is 70.0 cm³/mol. The standard InChI is InChI=1S/C8H15NO8S3/c1-18(12,13)6-20(16,17)9-2-3-19(14,15)5-7(9)4-8(10)11/h7H,2-6H2,1H3,(H,10,11). The van der Waals surface area contributed by atoms with Crippen molar-refractivity contribution in [2.75, 3.05) is 29.4 Å². The number of hydrogen-bond acceptors (Lipinski definition) is 7. The quantitative estimate of drug-likeness (QED) is 0.594. The molecule has 0 spiro atoms. The van der Waals surface area contributed by atoms with Gasteiger partial charge in [-0.3, -0.25) is 4.79 Å². The van der Waals surface area contributed by atoms with E-state index in [9.17, 15) is 30.0 Å². The molecule has 12 heteroatoms. The first kappa shape index (κ1) is 17.3. The van der Waals surface area contributed by atoms with Gasteiger partial charge in [-0.2, -0.15) is 4.31 Å². The second kappa shape index (κ2) is 5.58. The molecule has 0 amide bonds. The lowest BCUT2D eigenvalue weighted by Crippen LogP contribution is -2.53. The van der Waals surface area contributed by atoms with Gasteiger partial charge < -0.3 is 5.11 Å². The Morgan fingerprint density at radius 1 is 1.30 bits per heavy atom. The molecule has 1 heterocycles. The zero-order valence-corrected chi connectivity index (χ0v) is 13.0. The van der Waals surface area contributed by atoms with E-state index in [4.69, 9.17) is 5.11 Å². The van der Waals surface area contributed by atoms with Crippen LogP contribution in [0.25, 0.3) is 0 Å². The second-order valence-corrected chi connectivity index (χ2v) is 11.3. The smallest absolute Gasteiger partial charge is 0.305 e. The van der Waals surface area contributed by atoms with Crippen molar-refractivity contribution in [3.8, 4) is 0 Å². The fourth-order valence-electron chi connectivity index (χ4n) is 1.94. The number of nitrogens with zero attached hydrogens (tertiary/aromatic N) is 1. The Morgan fingerprint density at radius 3 is 2.30 bits per heavy atom. The summed E-state index contributed by atoms with van der Waals surface area (Å²) in [5, 5.41) is 7.55. The number of rotatable bonds is 5. The molecular weight excluding hydrogens is 334 g/mol. The summed E-state index contributed by atoms with van der Waals surface area (Å²) in [5.74, 6) is -2.43. The summed E-state index contributed by atoms with van der Waals surface area (Å²) in [6.07, 6.45) is 0.0413. The molecule has 1 aliphatic rings. The van der Waals surface area contributed by atoms with E-state index in [0.717, 1.165) is 6.26 Å². The lowest BCUT2D eigenvalue weighted by molar-refractivity contribution is -0.137.